The molecule has 1 fully saturated rings. The Kier molecular flexibility index (Phi) is 34.1. The number of aliphatic carboxylic acids is 1. The van der Waals surface area contributed by atoms with Crippen LogP contribution in [-0.4, -0.2) is 226 Å². The number of amides is 12. The molecule has 590 valence electrons. The number of hydrogen-bond acceptors (Lipinski definition) is 20. The Morgan fingerprint density at radius 1 is 0.624 bits per heavy atom. The third-order valence-corrected chi connectivity index (χ3v) is 18.7. The van der Waals surface area contributed by atoms with Crippen molar-refractivity contribution in [2.75, 3.05) is 50.9 Å². The standard InChI is InChI=1S/C71H97N19O17S2/c1-4-5-20-48(84-66(103)53(35-108)83-57(93)32-79-71(106)107-34-46-44-18-9-7-16-42(44)43-17-8-10-19-45(43)46)56(92)29-40(33-91)61(98)88-52(31-58(94)95)68(105)90-27-14-24-55(90)67(104)86-50(23-13-26-78-70(75)76)63(100)89-54(36-109)65(102)81-38(3)60(97)87-51(30-41-28-39-15-6-11-21-47(39)82-41)64(101)85-49(22-12-25-77-69(73)74)62(99)80-37(2)59(72)96/h4-11,15-19,21,28,37-38,40,46,48-55,82,91,108-109H,12-14,20,22-27,29-36H2,1-3H3,(H2,72,96)(H,79,106)(H,80,99)(H,81,102)(H,83,93)(H,84,103)(H,85,101)(H,86,104)(H,87,97)(H,88,98)(H,89,100)(H,94,95)(H4,73,74,77)(H4,75,76,78)/t37-,38-,40-,48-,49-,50-,51-,52-,53-,54-,55?/m0/s1. The lowest BCUT2D eigenvalue weighted by Crippen LogP contribution is -2.60. The molecule has 1 saturated heterocycles. The van der Waals surface area contributed by atoms with Crippen LogP contribution in [0.1, 0.15) is 101 Å². The largest absolute Gasteiger partial charge is 0.481 e. The number of benzene rings is 3. The summed E-state index contributed by atoms with van der Waals surface area (Å²) in [5.41, 5.74) is 21.4. The van der Waals surface area contributed by atoms with E-state index in [2.05, 4.69) is 94.0 Å². The monoisotopic (exact) mass is 1550 g/mol. The smallest absolute Gasteiger partial charge is 0.407 e. The number of H-pyrrole nitrogens is 1. The normalized spacial score (nSPS) is 15.7. The van der Waals surface area contributed by atoms with E-state index in [1.54, 1.807) is 37.3 Å². The van der Waals surface area contributed by atoms with Gasteiger partial charge in [0.2, 0.25) is 65.0 Å². The number of nitrogens with one attached hydrogen (secondary N) is 15. The number of carbonyl (C=O) groups is 14. The average Bonchev–Trinajstić information content (AvgIpc) is 1.62. The van der Waals surface area contributed by atoms with Crippen LogP contribution in [-0.2, 0) is 73.5 Å². The first-order chi connectivity index (χ1) is 52.0. The molecule has 3 aromatic carbocycles. The van der Waals surface area contributed by atoms with Crippen LogP contribution in [0.4, 0.5) is 4.79 Å². The number of aliphatic hydroxyl groups is 1. The summed E-state index contributed by atoms with van der Waals surface area (Å²) in [6.07, 6.45) is 0.230. The van der Waals surface area contributed by atoms with Crippen molar-refractivity contribution in [3.05, 3.63) is 108 Å². The summed E-state index contributed by atoms with van der Waals surface area (Å²) in [7, 11) is 0. The minimum absolute atomic E-state index is 0.0132. The number of guanidine groups is 2. The summed E-state index contributed by atoms with van der Waals surface area (Å²) in [5.74, 6) is -15.9. The Bertz CT molecular complexity index is 3930. The van der Waals surface area contributed by atoms with E-state index in [-0.39, 0.29) is 95.2 Å². The van der Waals surface area contributed by atoms with E-state index >= 15 is 0 Å². The Hall–Kier alpha value is -11.3. The second kappa shape index (κ2) is 42.9. The molecule has 1 unspecified atom stereocenters. The van der Waals surface area contributed by atoms with E-state index < -0.39 is 187 Å². The van der Waals surface area contributed by atoms with Gasteiger partial charge >= 0.3 is 12.1 Å². The van der Waals surface area contributed by atoms with Crippen LogP contribution >= 0.6 is 25.3 Å². The van der Waals surface area contributed by atoms with Gasteiger partial charge in [-0.25, -0.2) is 4.79 Å². The van der Waals surface area contributed by atoms with Crippen LogP contribution in [0.5, 0.6) is 0 Å². The van der Waals surface area contributed by atoms with Gasteiger partial charge < -0.3 is 106 Å². The number of fused-ring (bicyclic) bond motifs is 4. The van der Waals surface area contributed by atoms with Gasteiger partial charge in [-0.05, 0) is 105 Å². The molecule has 0 radical (unpaired) electrons. The third kappa shape index (κ3) is 26.3. The summed E-state index contributed by atoms with van der Waals surface area (Å²) >= 11 is 8.49. The number of ether oxygens (including phenoxy) is 1. The van der Waals surface area contributed by atoms with E-state index in [9.17, 15) is 77.3 Å². The molecule has 2 aliphatic rings. The molecule has 11 atom stereocenters. The highest BCUT2D eigenvalue weighted by Crippen LogP contribution is 2.44. The van der Waals surface area contributed by atoms with Crippen molar-refractivity contribution in [3.63, 3.8) is 0 Å². The van der Waals surface area contributed by atoms with Crippen molar-refractivity contribution in [2.45, 2.75) is 151 Å². The van der Waals surface area contributed by atoms with Crippen molar-refractivity contribution in [1.82, 2.24) is 73.7 Å². The molecule has 38 heteroatoms. The summed E-state index contributed by atoms with van der Waals surface area (Å²) in [6, 6.07) is 10.0. The average molecular weight is 1550 g/mol. The highest BCUT2D eigenvalue weighted by atomic mass is 32.1. The zero-order valence-electron chi connectivity index (χ0n) is 60.4. The number of ketones is 1. The number of carboxylic acid groups (broad SMARTS) is 1. The van der Waals surface area contributed by atoms with Crippen molar-refractivity contribution in [3.8, 4) is 11.1 Å². The first kappa shape index (κ1) is 86.6. The number of hydrogen-bond donors (Lipinski definition) is 22. The molecule has 23 N–H and O–H groups in total. The van der Waals surface area contributed by atoms with Crippen molar-refractivity contribution >= 4 is 131 Å². The van der Waals surface area contributed by atoms with Gasteiger partial charge in [-0.3, -0.25) is 73.1 Å². The highest BCUT2D eigenvalue weighted by molar-refractivity contribution is 7.80. The van der Waals surface area contributed by atoms with Crippen molar-refractivity contribution in [2.24, 2.45) is 23.1 Å². The number of carbonyl (C=O) groups excluding carboxylic acids is 13. The van der Waals surface area contributed by atoms with Crippen LogP contribution < -0.4 is 81.0 Å². The van der Waals surface area contributed by atoms with Gasteiger partial charge in [-0.1, -0.05) is 78.9 Å². The van der Waals surface area contributed by atoms with Crippen molar-refractivity contribution in [1.29, 1.82) is 10.8 Å². The van der Waals surface area contributed by atoms with Gasteiger partial charge in [0, 0.05) is 61.1 Å². The van der Waals surface area contributed by atoms with Gasteiger partial charge in [0.1, 0.15) is 67.5 Å². The highest BCUT2D eigenvalue weighted by Gasteiger charge is 2.42. The molecule has 0 saturated carbocycles. The number of rotatable bonds is 43. The lowest BCUT2D eigenvalue weighted by molar-refractivity contribution is -0.146. The lowest BCUT2D eigenvalue weighted by Gasteiger charge is -2.30. The summed E-state index contributed by atoms with van der Waals surface area (Å²) < 4.78 is 5.50. The molecule has 12 amide bonds. The van der Waals surface area contributed by atoms with Crippen LogP contribution in [0, 0.1) is 16.7 Å². The molecule has 4 aromatic rings. The maximum atomic E-state index is 14.4. The van der Waals surface area contributed by atoms with Gasteiger partial charge in [0.05, 0.1) is 25.0 Å². The number of para-hydroxylation sites is 1. The van der Waals surface area contributed by atoms with E-state index in [4.69, 9.17) is 32.8 Å². The number of allylic oxidation sites excluding steroid dienone is 1. The molecule has 6 rings (SSSR count). The molecule has 2 heterocycles. The Balaban J connectivity index is 1.07. The zero-order chi connectivity index (χ0) is 80.0. The van der Waals surface area contributed by atoms with Gasteiger partial charge in [-0.2, -0.15) is 25.3 Å². The first-order valence-corrected chi connectivity index (χ1v) is 36.6. The topological polar surface area (TPSA) is 578 Å². The fourth-order valence-electron chi connectivity index (χ4n) is 12.2. The third-order valence-electron chi connectivity index (χ3n) is 18.0. The number of aromatic amines is 1. The quantitative estimate of drug-likeness (QED) is 0.00717. The lowest BCUT2D eigenvalue weighted by atomic mass is 9.95. The predicted octanol–water partition coefficient (Wildman–Crippen LogP) is -2.48. The first-order valence-electron chi connectivity index (χ1n) is 35.3. The number of aliphatic hydroxyl groups excluding tert-OH is 1. The minimum atomic E-state index is -1.90. The van der Waals surface area contributed by atoms with Crippen LogP contribution in [0.2, 0.25) is 0 Å². The number of nitrogens with zero attached hydrogens (tertiary/aromatic N) is 1. The molecule has 36 nitrogen and oxygen atoms in total. The molecule has 109 heavy (non-hydrogen) atoms. The predicted molar refractivity (Wildman–Crippen MR) is 406 cm³/mol. The number of aromatic nitrogens is 1. The number of alkyl carbamates (subject to hydrolysis) is 1. The zero-order valence-corrected chi connectivity index (χ0v) is 62.2. The molecule has 0 bridgehead atoms. The second-order valence-electron chi connectivity index (χ2n) is 26.1. The summed E-state index contributed by atoms with van der Waals surface area (Å²) in [6.45, 7) is 2.58. The number of likely N-dealkylation sites (tertiary alicyclic amines) is 1. The number of carboxylic acids is 1. The van der Waals surface area contributed by atoms with Gasteiger partial charge in [-0.15, -0.1) is 0 Å². The van der Waals surface area contributed by atoms with E-state index in [1.165, 1.54) is 19.9 Å². The summed E-state index contributed by atoms with van der Waals surface area (Å²) in [5, 5.41) is 66.5. The van der Waals surface area contributed by atoms with Gasteiger partial charge in [0.15, 0.2) is 17.7 Å². The fraction of sp³-hybridized carbons (Fsp3) is 0.465. The summed E-state index contributed by atoms with van der Waals surface area (Å²) in [4.78, 5) is 195. The number of primary amides is 1. The van der Waals surface area contributed by atoms with E-state index in [0.717, 1.165) is 32.5 Å². The molecule has 0 spiro atoms. The van der Waals surface area contributed by atoms with Crippen molar-refractivity contribution < 1.29 is 82.1 Å². The Morgan fingerprint density at radius 2 is 1.15 bits per heavy atom. The number of nitrogens with two attached hydrogens (primary N) is 3. The maximum absolute atomic E-state index is 14.4. The number of thiol groups is 2. The van der Waals surface area contributed by atoms with Crippen LogP contribution in [0.15, 0.2) is 91.0 Å². The van der Waals surface area contributed by atoms with Crippen LogP contribution in [0.3, 0.4) is 0 Å². The molecule has 1 aromatic heterocycles. The van der Waals surface area contributed by atoms with Gasteiger partial charge in [0.25, 0.3) is 0 Å². The molecule has 1 aliphatic heterocycles. The Morgan fingerprint density at radius 3 is 1.73 bits per heavy atom. The Labute approximate surface area is 638 Å². The second-order valence-corrected chi connectivity index (χ2v) is 26.8. The minimum Gasteiger partial charge on any atom is -0.481 e. The van der Waals surface area contributed by atoms with E-state index in [1.807, 2.05) is 54.6 Å². The molecular formula is C71H97N19O17S2. The maximum Gasteiger partial charge on any atom is 0.407 e. The number of Topliss-reactive ketones (excluding diaryl/α,β-unsaturated/α-hetero) is 1. The fourth-order valence-corrected chi connectivity index (χ4v) is 12.7. The molecule has 1 aliphatic carbocycles. The van der Waals surface area contributed by atoms with Crippen LogP contribution in [0.25, 0.3) is 22.0 Å². The SMILES string of the molecule is CC=CC[C@H](NC(=O)[C@H](CS)NC(=O)CNC(=O)OCC1c2ccccc2-c2ccccc21)C(=O)C[C@@H](CO)C(=O)N[C@@H](CC(=O)O)C(=O)N1CCCC1C(=O)N[C@@H](CCCNC(=N)N)C(=O)N[C@@H](CS)C(=O)N[C@@H](C)C(=O)N[C@@H](Cc1cc2ccccc2[nH]1)C(=O)N[C@@H](CCCNC(=N)N)C(=O)N[C@@H](C)C(N)=O. The molecular weight excluding hydrogens is 1460 g/mol. The van der Waals surface area contributed by atoms with E-state index in [0.29, 0.717) is 11.2 Å².